The Hall–Kier alpha value is -3.39. The fourth-order valence-corrected chi connectivity index (χ4v) is 3.96. The fraction of sp³-hybridized carbons (Fsp3) is 0.273. The number of anilines is 2. The molecule has 1 aliphatic heterocycles. The first kappa shape index (κ1) is 20.9. The minimum Gasteiger partial charge on any atom is -0.370 e. The highest BCUT2D eigenvalue weighted by Crippen LogP contribution is 2.25. The number of halogens is 1. The molecule has 0 N–H and O–H groups in total. The van der Waals surface area contributed by atoms with Gasteiger partial charge in [0.25, 0.3) is 11.2 Å². The van der Waals surface area contributed by atoms with E-state index in [1.54, 1.807) is 6.20 Å². The summed E-state index contributed by atoms with van der Waals surface area (Å²) < 4.78 is 1.16. The number of nitro groups is 1. The lowest BCUT2D eigenvalue weighted by molar-refractivity contribution is -0.384. The number of aryl methyl sites for hydroxylation is 1. The van der Waals surface area contributed by atoms with Crippen LogP contribution in [0.2, 0.25) is 5.02 Å². The van der Waals surface area contributed by atoms with Gasteiger partial charge in [0.15, 0.2) is 0 Å². The molecule has 2 aromatic carbocycles. The molecule has 0 unspecified atom stereocenters. The Bertz CT molecular complexity index is 1150. The zero-order chi connectivity index (χ0) is 22.0. The molecule has 0 bridgehead atoms. The zero-order valence-electron chi connectivity index (χ0n) is 17.1. The molecule has 0 aliphatic carbocycles. The number of nitrogens with zero attached hydrogens (tertiary/aromatic N) is 5. The van der Waals surface area contributed by atoms with Gasteiger partial charge in [-0.3, -0.25) is 14.9 Å². The minimum absolute atomic E-state index is 0.0535. The minimum atomic E-state index is -0.491. The van der Waals surface area contributed by atoms with E-state index >= 15 is 0 Å². The van der Waals surface area contributed by atoms with Crippen molar-refractivity contribution in [3.8, 4) is 5.69 Å². The van der Waals surface area contributed by atoms with Crippen LogP contribution in [0.25, 0.3) is 5.69 Å². The molecule has 160 valence electrons. The second-order valence-corrected chi connectivity index (χ2v) is 7.88. The van der Waals surface area contributed by atoms with Crippen molar-refractivity contribution < 1.29 is 4.92 Å². The molecule has 0 atom stereocenters. The van der Waals surface area contributed by atoms with Gasteiger partial charge in [-0.05, 0) is 37.6 Å². The summed E-state index contributed by atoms with van der Waals surface area (Å²) in [5, 5.41) is 15.2. The van der Waals surface area contributed by atoms with Crippen molar-refractivity contribution in [2.75, 3.05) is 36.0 Å². The van der Waals surface area contributed by atoms with E-state index in [0.29, 0.717) is 11.4 Å². The largest absolute Gasteiger partial charge is 0.370 e. The molecular weight excluding hydrogens is 418 g/mol. The Kier molecular flexibility index (Phi) is 5.90. The van der Waals surface area contributed by atoms with Crippen LogP contribution in [0.4, 0.5) is 17.1 Å². The highest BCUT2D eigenvalue weighted by Gasteiger charge is 2.20. The number of benzene rings is 2. The third-order valence-electron chi connectivity index (χ3n) is 5.44. The maximum Gasteiger partial charge on any atom is 0.292 e. The Morgan fingerprint density at radius 2 is 1.55 bits per heavy atom. The standard InChI is InChI=1S/C22H22ClN5O3/c1-16-3-5-17(6-4-16)25-11-2-12-26(14-13-25)20-15-24-27(22(29)21(20)23)18-7-9-19(10-8-18)28(30)31/h3-10,15H,2,11-14H2,1H3. The number of hydrogen-bond acceptors (Lipinski definition) is 6. The summed E-state index contributed by atoms with van der Waals surface area (Å²) in [4.78, 5) is 27.6. The summed E-state index contributed by atoms with van der Waals surface area (Å²) in [5.74, 6) is 0. The molecular formula is C22H22ClN5O3. The van der Waals surface area contributed by atoms with Crippen LogP contribution >= 0.6 is 11.6 Å². The van der Waals surface area contributed by atoms with Crippen molar-refractivity contribution in [2.45, 2.75) is 13.3 Å². The molecule has 3 aromatic rings. The molecule has 1 aliphatic rings. The van der Waals surface area contributed by atoms with E-state index in [2.05, 4.69) is 46.1 Å². The Morgan fingerprint density at radius 1 is 0.935 bits per heavy atom. The fourth-order valence-electron chi connectivity index (χ4n) is 3.72. The van der Waals surface area contributed by atoms with Gasteiger partial charge < -0.3 is 9.80 Å². The maximum absolute atomic E-state index is 12.9. The van der Waals surface area contributed by atoms with Crippen molar-refractivity contribution >= 4 is 28.7 Å². The van der Waals surface area contributed by atoms with E-state index in [0.717, 1.165) is 37.3 Å². The molecule has 0 saturated carbocycles. The average Bonchev–Trinajstić information content (AvgIpc) is 3.02. The number of nitro benzene ring substituents is 1. The van der Waals surface area contributed by atoms with E-state index < -0.39 is 10.5 Å². The van der Waals surface area contributed by atoms with Crippen molar-refractivity contribution in [3.05, 3.63) is 85.8 Å². The SMILES string of the molecule is Cc1ccc(N2CCCN(c3cnn(-c4ccc([N+](=O)[O-])cc4)c(=O)c3Cl)CC2)cc1. The second-order valence-electron chi connectivity index (χ2n) is 7.50. The lowest BCUT2D eigenvalue weighted by atomic mass is 10.2. The Balaban J connectivity index is 1.55. The second kappa shape index (κ2) is 8.77. The van der Waals surface area contributed by atoms with Crippen molar-refractivity contribution in [1.82, 2.24) is 9.78 Å². The highest BCUT2D eigenvalue weighted by molar-refractivity contribution is 6.33. The monoisotopic (exact) mass is 439 g/mol. The number of hydrogen-bond donors (Lipinski definition) is 0. The van der Waals surface area contributed by atoms with Crippen molar-refractivity contribution in [3.63, 3.8) is 0 Å². The number of non-ortho nitro benzene ring substituents is 1. The molecule has 8 nitrogen and oxygen atoms in total. The molecule has 0 amide bonds. The molecule has 31 heavy (non-hydrogen) atoms. The van der Waals surface area contributed by atoms with Gasteiger partial charge in [0.2, 0.25) is 0 Å². The predicted octanol–water partition coefficient (Wildman–Crippen LogP) is 3.82. The van der Waals surface area contributed by atoms with Gasteiger partial charge in [-0.15, -0.1) is 0 Å². The molecule has 4 rings (SSSR count). The molecule has 1 saturated heterocycles. The summed E-state index contributed by atoms with van der Waals surface area (Å²) in [7, 11) is 0. The van der Waals surface area contributed by atoms with Crippen LogP contribution in [-0.4, -0.2) is 40.9 Å². The van der Waals surface area contributed by atoms with Crippen LogP contribution in [0.1, 0.15) is 12.0 Å². The smallest absolute Gasteiger partial charge is 0.292 e. The van der Waals surface area contributed by atoms with Gasteiger partial charge >= 0.3 is 0 Å². The Labute approximate surface area is 184 Å². The third-order valence-corrected chi connectivity index (χ3v) is 5.80. The molecule has 0 radical (unpaired) electrons. The van der Waals surface area contributed by atoms with Gasteiger partial charge in [0, 0.05) is 44.0 Å². The topological polar surface area (TPSA) is 84.5 Å². The number of aromatic nitrogens is 2. The third kappa shape index (κ3) is 4.39. The van der Waals surface area contributed by atoms with E-state index in [1.165, 1.54) is 35.5 Å². The predicted molar refractivity (Wildman–Crippen MR) is 122 cm³/mol. The van der Waals surface area contributed by atoms with Gasteiger partial charge in [0.1, 0.15) is 5.02 Å². The first-order valence-electron chi connectivity index (χ1n) is 10.0. The summed E-state index contributed by atoms with van der Waals surface area (Å²) >= 11 is 6.45. The van der Waals surface area contributed by atoms with E-state index in [-0.39, 0.29) is 10.7 Å². The first-order chi connectivity index (χ1) is 14.9. The summed E-state index contributed by atoms with van der Waals surface area (Å²) in [6, 6.07) is 14.1. The molecule has 1 aromatic heterocycles. The van der Waals surface area contributed by atoms with Crippen LogP contribution in [0, 0.1) is 17.0 Å². The van der Waals surface area contributed by atoms with E-state index in [4.69, 9.17) is 11.6 Å². The van der Waals surface area contributed by atoms with Gasteiger partial charge in [0.05, 0.1) is 22.5 Å². The normalized spacial score (nSPS) is 14.4. The Morgan fingerprint density at radius 3 is 2.23 bits per heavy atom. The van der Waals surface area contributed by atoms with Gasteiger partial charge in [-0.2, -0.15) is 9.78 Å². The highest BCUT2D eigenvalue weighted by atomic mass is 35.5. The molecule has 2 heterocycles. The van der Waals surface area contributed by atoms with Gasteiger partial charge in [-0.1, -0.05) is 29.3 Å². The van der Waals surface area contributed by atoms with Crippen molar-refractivity contribution in [2.24, 2.45) is 0 Å². The lowest BCUT2D eigenvalue weighted by Crippen LogP contribution is -2.32. The quantitative estimate of drug-likeness (QED) is 0.454. The van der Waals surface area contributed by atoms with E-state index in [1.807, 2.05) is 0 Å². The zero-order valence-corrected chi connectivity index (χ0v) is 17.8. The summed E-state index contributed by atoms with van der Waals surface area (Å²) in [6.45, 7) is 5.29. The lowest BCUT2D eigenvalue weighted by Gasteiger charge is -2.25. The summed E-state index contributed by atoms with van der Waals surface area (Å²) in [6.07, 6.45) is 2.52. The molecule has 0 spiro atoms. The van der Waals surface area contributed by atoms with Crippen LogP contribution in [0.3, 0.4) is 0 Å². The van der Waals surface area contributed by atoms with E-state index in [9.17, 15) is 14.9 Å². The average molecular weight is 440 g/mol. The van der Waals surface area contributed by atoms with Crippen LogP contribution in [-0.2, 0) is 0 Å². The summed E-state index contributed by atoms with van der Waals surface area (Å²) in [5.41, 5.74) is 2.94. The van der Waals surface area contributed by atoms with Crippen LogP contribution < -0.4 is 15.4 Å². The van der Waals surface area contributed by atoms with Crippen LogP contribution in [0.5, 0.6) is 0 Å². The van der Waals surface area contributed by atoms with Crippen molar-refractivity contribution in [1.29, 1.82) is 0 Å². The first-order valence-corrected chi connectivity index (χ1v) is 10.4. The maximum atomic E-state index is 12.9. The molecule has 1 fully saturated rings. The van der Waals surface area contributed by atoms with Crippen LogP contribution in [0.15, 0.2) is 59.5 Å². The number of rotatable bonds is 4. The molecule has 9 heteroatoms. The van der Waals surface area contributed by atoms with Gasteiger partial charge in [-0.25, -0.2) is 0 Å².